The zero-order chi connectivity index (χ0) is 13.8. The summed E-state index contributed by atoms with van der Waals surface area (Å²) in [5.74, 6) is 0. The van der Waals surface area contributed by atoms with Gasteiger partial charge in [-0.25, -0.2) is 0 Å². The molecule has 1 aromatic heterocycles. The number of nitrogens with zero attached hydrogens (tertiary/aromatic N) is 1. The van der Waals surface area contributed by atoms with Crippen molar-refractivity contribution in [2.75, 3.05) is 18.9 Å². The molecule has 100 valence electrons. The Labute approximate surface area is 111 Å². The van der Waals surface area contributed by atoms with Crippen molar-refractivity contribution in [1.82, 2.24) is 0 Å². The van der Waals surface area contributed by atoms with Gasteiger partial charge in [0.05, 0.1) is 18.8 Å². The Morgan fingerprint density at radius 3 is 2.28 bits per heavy atom. The molecule has 0 aliphatic rings. The summed E-state index contributed by atoms with van der Waals surface area (Å²) in [5, 5.41) is 9.44. The molecule has 1 heterocycles. The summed E-state index contributed by atoms with van der Waals surface area (Å²) in [4.78, 5) is 0. The minimum Gasteiger partial charge on any atom is -0.389 e. The third-order valence-corrected chi connectivity index (χ3v) is 6.10. The molecule has 5 nitrogen and oxygen atoms in total. The van der Waals surface area contributed by atoms with Crippen molar-refractivity contribution in [3.63, 3.8) is 0 Å². The highest BCUT2D eigenvalue weighted by Gasteiger charge is 2.33. The van der Waals surface area contributed by atoms with Gasteiger partial charge in [0.2, 0.25) is 0 Å². The van der Waals surface area contributed by atoms with Crippen LogP contribution in [0, 0.1) is 11.3 Å². The van der Waals surface area contributed by atoms with Crippen molar-refractivity contribution in [3.05, 3.63) is 11.1 Å². The van der Waals surface area contributed by atoms with Crippen LogP contribution in [0.5, 0.6) is 0 Å². The SMILES string of the molecule is CCOP(=O)(OCC)c1sc(N)c(C#N)c1CC. The van der Waals surface area contributed by atoms with Crippen molar-refractivity contribution in [2.45, 2.75) is 27.2 Å². The lowest BCUT2D eigenvalue weighted by Gasteiger charge is -2.16. The molecule has 7 heteroatoms. The molecule has 0 aliphatic carbocycles. The van der Waals surface area contributed by atoms with Crippen LogP contribution in [-0.4, -0.2) is 13.2 Å². The normalized spacial score (nSPS) is 11.4. The van der Waals surface area contributed by atoms with Crippen LogP contribution in [0.1, 0.15) is 31.9 Å². The lowest BCUT2D eigenvalue weighted by atomic mass is 10.1. The van der Waals surface area contributed by atoms with Gasteiger partial charge in [-0.05, 0) is 25.8 Å². The van der Waals surface area contributed by atoms with E-state index in [1.54, 1.807) is 13.8 Å². The van der Waals surface area contributed by atoms with Crippen molar-refractivity contribution >= 4 is 28.6 Å². The molecule has 0 saturated heterocycles. The first kappa shape index (κ1) is 15.2. The molecule has 0 bridgehead atoms. The van der Waals surface area contributed by atoms with Gasteiger partial charge >= 0.3 is 7.60 Å². The summed E-state index contributed by atoms with van der Waals surface area (Å²) in [6.07, 6.45) is 0.566. The first-order chi connectivity index (χ1) is 8.53. The standard InChI is InChI=1S/C11H17N2O3PS/c1-4-8-9(7-12)10(13)18-11(8)17(14,15-5-2)16-6-3/h4-6,13H2,1-3H3. The monoisotopic (exact) mass is 288 g/mol. The van der Waals surface area contributed by atoms with Crippen LogP contribution in [0.15, 0.2) is 0 Å². The predicted molar refractivity (Wildman–Crippen MR) is 73.3 cm³/mol. The minimum atomic E-state index is -3.36. The van der Waals surface area contributed by atoms with Crippen molar-refractivity contribution in [2.24, 2.45) is 0 Å². The molecule has 0 aliphatic heterocycles. The van der Waals surface area contributed by atoms with Gasteiger partial charge in [0.15, 0.2) is 0 Å². The maximum absolute atomic E-state index is 12.7. The first-order valence-electron chi connectivity index (χ1n) is 5.74. The van der Waals surface area contributed by atoms with Crippen LogP contribution >= 0.6 is 18.9 Å². The first-order valence-corrected chi connectivity index (χ1v) is 8.10. The van der Waals surface area contributed by atoms with Crippen LogP contribution < -0.4 is 10.4 Å². The largest absolute Gasteiger partial charge is 0.389 e. The molecule has 0 amide bonds. The van der Waals surface area contributed by atoms with Gasteiger partial charge in [-0.1, -0.05) is 6.92 Å². The van der Waals surface area contributed by atoms with E-state index >= 15 is 0 Å². The Morgan fingerprint density at radius 2 is 1.89 bits per heavy atom. The average Bonchev–Trinajstić information content (AvgIpc) is 2.66. The topological polar surface area (TPSA) is 85.3 Å². The minimum absolute atomic E-state index is 0.278. The van der Waals surface area contributed by atoms with Gasteiger partial charge < -0.3 is 14.8 Å². The summed E-state index contributed by atoms with van der Waals surface area (Å²) in [7, 11) is -3.36. The maximum atomic E-state index is 12.7. The molecule has 0 saturated carbocycles. The van der Waals surface area contributed by atoms with Crippen LogP contribution in [0.4, 0.5) is 5.00 Å². The molecule has 0 unspecified atom stereocenters. The number of rotatable bonds is 6. The second kappa shape index (κ2) is 6.35. The van der Waals surface area contributed by atoms with E-state index in [1.165, 1.54) is 0 Å². The van der Waals surface area contributed by atoms with Crippen LogP contribution in [0.2, 0.25) is 0 Å². The molecule has 0 fully saturated rings. The summed E-state index contributed by atoms with van der Waals surface area (Å²) in [5.41, 5.74) is 6.84. The second-order valence-corrected chi connectivity index (χ2v) is 6.74. The van der Waals surface area contributed by atoms with Crippen molar-refractivity contribution < 1.29 is 13.6 Å². The predicted octanol–water partition coefficient (Wildman–Crippen LogP) is 2.66. The average molecular weight is 288 g/mol. The summed E-state index contributed by atoms with van der Waals surface area (Å²) < 4.78 is 23.7. The number of hydrogen-bond donors (Lipinski definition) is 1. The molecule has 2 N–H and O–H groups in total. The summed E-state index contributed by atoms with van der Waals surface area (Å²) >= 11 is 1.12. The lowest BCUT2D eigenvalue weighted by molar-refractivity contribution is 0.230. The molecule has 0 aromatic carbocycles. The Morgan fingerprint density at radius 1 is 1.33 bits per heavy atom. The van der Waals surface area contributed by atoms with Gasteiger partial charge in [-0.2, -0.15) is 5.26 Å². The molecular formula is C11H17N2O3PS. The summed E-state index contributed by atoms with van der Waals surface area (Å²) in [6, 6.07) is 2.04. The smallest absolute Gasteiger partial charge is 0.371 e. The van der Waals surface area contributed by atoms with Crippen LogP contribution in [0.25, 0.3) is 0 Å². The zero-order valence-electron chi connectivity index (χ0n) is 10.7. The molecule has 0 spiro atoms. The van der Waals surface area contributed by atoms with Gasteiger partial charge in [0.1, 0.15) is 15.7 Å². The second-order valence-electron chi connectivity index (χ2n) is 3.42. The van der Waals surface area contributed by atoms with E-state index in [-0.39, 0.29) is 13.2 Å². The van der Waals surface area contributed by atoms with E-state index in [9.17, 15) is 4.57 Å². The Kier molecular flexibility index (Phi) is 5.36. The Balaban J connectivity index is 3.38. The number of hydrogen-bond acceptors (Lipinski definition) is 6. The van der Waals surface area contributed by atoms with E-state index in [2.05, 4.69) is 0 Å². The van der Waals surface area contributed by atoms with Crippen molar-refractivity contribution in [3.8, 4) is 6.07 Å². The fraction of sp³-hybridized carbons (Fsp3) is 0.545. The highest BCUT2D eigenvalue weighted by Crippen LogP contribution is 2.51. The zero-order valence-corrected chi connectivity index (χ0v) is 12.4. The molecule has 1 rings (SSSR count). The fourth-order valence-corrected chi connectivity index (χ4v) is 5.14. The van der Waals surface area contributed by atoms with E-state index < -0.39 is 7.60 Å². The third kappa shape index (κ3) is 2.76. The molecule has 18 heavy (non-hydrogen) atoms. The van der Waals surface area contributed by atoms with E-state index in [0.29, 0.717) is 27.2 Å². The quantitative estimate of drug-likeness (QED) is 0.813. The van der Waals surface area contributed by atoms with Gasteiger partial charge in [0.25, 0.3) is 0 Å². The van der Waals surface area contributed by atoms with Crippen LogP contribution in [0.3, 0.4) is 0 Å². The maximum Gasteiger partial charge on any atom is 0.371 e. The molecule has 0 atom stereocenters. The Bertz CT molecular complexity index is 497. The van der Waals surface area contributed by atoms with E-state index in [0.717, 1.165) is 11.3 Å². The van der Waals surface area contributed by atoms with Gasteiger partial charge in [-0.15, -0.1) is 11.3 Å². The van der Waals surface area contributed by atoms with Crippen LogP contribution in [-0.2, 0) is 20.0 Å². The number of nitrogen functional groups attached to an aromatic ring is 1. The van der Waals surface area contributed by atoms with Gasteiger partial charge in [-0.3, -0.25) is 4.57 Å². The van der Waals surface area contributed by atoms with Crippen molar-refractivity contribution in [1.29, 1.82) is 5.26 Å². The highest BCUT2D eigenvalue weighted by molar-refractivity contribution is 7.69. The van der Waals surface area contributed by atoms with Gasteiger partial charge in [0, 0.05) is 0 Å². The van der Waals surface area contributed by atoms with E-state index in [1.807, 2.05) is 13.0 Å². The third-order valence-electron chi connectivity index (χ3n) is 2.33. The number of anilines is 1. The number of nitriles is 1. The molecule has 1 aromatic rings. The lowest BCUT2D eigenvalue weighted by Crippen LogP contribution is -2.11. The van der Waals surface area contributed by atoms with E-state index in [4.69, 9.17) is 20.0 Å². The molecular weight excluding hydrogens is 271 g/mol. The highest BCUT2D eigenvalue weighted by atomic mass is 32.1. The summed E-state index contributed by atoms with van der Waals surface area (Å²) in [6.45, 7) is 5.94. The number of thiophene rings is 1. The fourth-order valence-electron chi connectivity index (χ4n) is 1.64. The number of nitrogens with two attached hydrogens (primary N) is 1. The molecule has 0 radical (unpaired) electrons. The Hall–Kier alpha value is -0.860.